The monoisotopic (exact) mass is 474 g/mol. The van der Waals surface area contributed by atoms with Crippen molar-refractivity contribution in [3.63, 3.8) is 0 Å². The van der Waals surface area contributed by atoms with E-state index < -0.39 is 0 Å². The predicted molar refractivity (Wildman–Crippen MR) is 130 cm³/mol. The maximum Gasteiger partial charge on any atom is 0.267 e. The van der Waals surface area contributed by atoms with E-state index >= 15 is 0 Å². The molecule has 0 spiro atoms. The van der Waals surface area contributed by atoms with E-state index in [1.807, 2.05) is 6.07 Å². The van der Waals surface area contributed by atoms with E-state index in [-0.39, 0.29) is 30.7 Å². The third kappa shape index (κ3) is 4.88. The zero-order valence-electron chi connectivity index (χ0n) is 17.7. The van der Waals surface area contributed by atoms with E-state index in [2.05, 4.69) is 10.3 Å². The number of anilines is 1. The van der Waals surface area contributed by atoms with Crippen molar-refractivity contribution >= 4 is 51.7 Å². The Hall–Kier alpha value is -2.27. The molecule has 1 aliphatic heterocycles. The van der Waals surface area contributed by atoms with Gasteiger partial charge in [0.15, 0.2) is 0 Å². The number of pyridine rings is 1. The molecule has 0 aromatic carbocycles. The summed E-state index contributed by atoms with van der Waals surface area (Å²) in [5.41, 5.74) is 0.542. The van der Waals surface area contributed by atoms with E-state index in [0.29, 0.717) is 39.4 Å². The van der Waals surface area contributed by atoms with Gasteiger partial charge in [-0.05, 0) is 31.1 Å². The molecule has 170 valence electrons. The van der Waals surface area contributed by atoms with Gasteiger partial charge in [0.1, 0.15) is 15.8 Å². The molecule has 4 rings (SSSR count). The molecule has 1 saturated carbocycles. The zero-order valence-corrected chi connectivity index (χ0v) is 19.3. The van der Waals surface area contributed by atoms with Crippen LogP contribution in [-0.2, 0) is 9.53 Å². The van der Waals surface area contributed by atoms with Gasteiger partial charge < -0.3 is 15.2 Å². The first kappa shape index (κ1) is 22.9. The highest BCUT2D eigenvalue weighted by atomic mass is 32.2. The Kier molecular flexibility index (Phi) is 7.56. The van der Waals surface area contributed by atoms with Crippen molar-refractivity contribution in [1.82, 2.24) is 14.3 Å². The van der Waals surface area contributed by atoms with Gasteiger partial charge >= 0.3 is 0 Å². The number of fused-ring (bicyclic) bond motifs is 1. The molecule has 0 bridgehead atoms. The first-order valence-corrected chi connectivity index (χ1v) is 12.0. The average Bonchev–Trinajstić information content (AvgIpc) is 3.09. The fourth-order valence-corrected chi connectivity index (χ4v) is 5.42. The largest absolute Gasteiger partial charge is 0.394 e. The van der Waals surface area contributed by atoms with Crippen LogP contribution in [-0.4, -0.2) is 62.0 Å². The lowest BCUT2D eigenvalue weighted by Crippen LogP contribution is -2.39. The number of nitrogens with zero attached hydrogens (tertiary/aromatic N) is 3. The molecule has 32 heavy (non-hydrogen) atoms. The molecule has 2 aliphatic rings. The molecule has 2 aromatic heterocycles. The van der Waals surface area contributed by atoms with Gasteiger partial charge in [-0.1, -0.05) is 49.3 Å². The van der Waals surface area contributed by atoms with Gasteiger partial charge in [0.25, 0.3) is 11.5 Å². The van der Waals surface area contributed by atoms with E-state index in [1.54, 1.807) is 29.3 Å². The first-order valence-electron chi connectivity index (χ1n) is 10.8. The van der Waals surface area contributed by atoms with E-state index in [0.717, 1.165) is 25.7 Å². The summed E-state index contributed by atoms with van der Waals surface area (Å²) in [6.07, 6.45) is 8.57. The fourth-order valence-electron chi connectivity index (χ4n) is 4.04. The second-order valence-electron chi connectivity index (χ2n) is 7.71. The second kappa shape index (κ2) is 10.6. The molecule has 3 heterocycles. The summed E-state index contributed by atoms with van der Waals surface area (Å²) in [5.74, 6) is 0.249. The van der Waals surface area contributed by atoms with Crippen molar-refractivity contribution in [3.05, 3.63) is 45.2 Å². The van der Waals surface area contributed by atoms with Crippen LogP contribution in [0.1, 0.15) is 37.7 Å². The third-order valence-corrected chi connectivity index (χ3v) is 6.91. The summed E-state index contributed by atoms with van der Waals surface area (Å²) in [6, 6.07) is 5.46. The third-order valence-electron chi connectivity index (χ3n) is 5.58. The smallest absolute Gasteiger partial charge is 0.267 e. The Labute approximate surface area is 195 Å². The lowest BCUT2D eigenvalue weighted by atomic mass is 9.94. The highest BCUT2D eigenvalue weighted by Crippen LogP contribution is 2.37. The van der Waals surface area contributed by atoms with Gasteiger partial charge in [-0.3, -0.25) is 18.9 Å². The number of aromatic nitrogens is 2. The minimum atomic E-state index is -0.266. The number of hydrogen-bond donors (Lipinski definition) is 2. The molecule has 0 unspecified atom stereocenters. The van der Waals surface area contributed by atoms with Crippen LogP contribution in [0.2, 0.25) is 0 Å². The SMILES string of the molecule is O=C1/C(=C\c2c(NCCOCCO)nc3ccccn3c2=O)SC(=S)N1C1CCCCC1. The van der Waals surface area contributed by atoms with Gasteiger partial charge in [-0.25, -0.2) is 4.98 Å². The Bertz CT molecular complexity index is 1100. The first-order chi connectivity index (χ1) is 15.6. The van der Waals surface area contributed by atoms with Crippen molar-refractivity contribution in [1.29, 1.82) is 0 Å². The van der Waals surface area contributed by atoms with Crippen LogP contribution < -0.4 is 10.9 Å². The van der Waals surface area contributed by atoms with Crippen LogP contribution in [0.3, 0.4) is 0 Å². The fraction of sp³-hybridized carbons (Fsp3) is 0.455. The molecule has 10 heteroatoms. The second-order valence-corrected chi connectivity index (χ2v) is 9.39. The highest BCUT2D eigenvalue weighted by molar-refractivity contribution is 8.26. The minimum Gasteiger partial charge on any atom is -0.394 e. The normalized spacial score (nSPS) is 18.8. The molecule has 1 amide bonds. The van der Waals surface area contributed by atoms with Crippen molar-refractivity contribution in [2.24, 2.45) is 0 Å². The molecule has 1 aliphatic carbocycles. The van der Waals surface area contributed by atoms with Crippen molar-refractivity contribution < 1.29 is 14.6 Å². The lowest BCUT2D eigenvalue weighted by Gasteiger charge is -2.29. The quantitative estimate of drug-likeness (QED) is 0.343. The van der Waals surface area contributed by atoms with Crippen LogP contribution >= 0.6 is 24.0 Å². The molecular formula is C22H26N4O4S2. The van der Waals surface area contributed by atoms with Crippen molar-refractivity contribution in [3.8, 4) is 0 Å². The number of carbonyl (C=O) groups excluding carboxylic acids is 1. The van der Waals surface area contributed by atoms with Crippen LogP contribution in [0.5, 0.6) is 0 Å². The van der Waals surface area contributed by atoms with E-state index in [1.165, 1.54) is 22.6 Å². The molecule has 2 aromatic rings. The van der Waals surface area contributed by atoms with E-state index in [4.69, 9.17) is 22.1 Å². The number of carbonyl (C=O) groups is 1. The highest BCUT2D eigenvalue weighted by Gasteiger charge is 2.37. The molecule has 2 fully saturated rings. The summed E-state index contributed by atoms with van der Waals surface area (Å²) in [6.45, 7) is 0.939. The Balaban J connectivity index is 1.66. The Morgan fingerprint density at radius 2 is 2.06 bits per heavy atom. The number of amides is 1. The number of rotatable bonds is 8. The topological polar surface area (TPSA) is 96.2 Å². The molecule has 8 nitrogen and oxygen atoms in total. The lowest BCUT2D eigenvalue weighted by molar-refractivity contribution is -0.124. The Morgan fingerprint density at radius 1 is 1.25 bits per heavy atom. The number of thiocarbonyl (C=S) groups is 1. The van der Waals surface area contributed by atoms with Gasteiger partial charge in [-0.15, -0.1) is 0 Å². The number of aliphatic hydroxyl groups is 1. The van der Waals surface area contributed by atoms with Crippen molar-refractivity contribution in [2.45, 2.75) is 38.1 Å². The molecular weight excluding hydrogens is 448 g/mol. The van der Waals surface area contributed by atoms with Crippen LogP contribution in [0, 0.1) is 0 Å². The number of nitrogens with one attached hydrogen (secondary N) is 1. The zero-order chi connectivity index (χ0) is 22.5. The number of hydrogen-bond acceptors (Lipinski definition) is 8. The minimum absolute atomic E-state index is 0.0519. The maximum absolute atomic E-state index is 13.3. The number of ether oxygens (including phenoxy) is 1. The molecule has 1 saturated heterocycles. The van der Waals surface area contributed by atoms with Crippen LogP contribution in [0.15, 0.2) is 34.1 Å². The average molecular weight is 475 g/mol. The summed E-state index contributed by atoms with van der Waals surface area (Å²) >= 11 is 6.76. The van der Waals surface area contributed by atoms with Gasteiger partial charge in [0, 0.05) is 18.8 Å². The molecule has 0 radical (unpaired) electrons. The number of aliphatic hydroxyl groups excluding tert-OH is 1. The maximum atomic E-state index is 13.3. The summed E-state index contributed by atoms with van der Waals surface area (Å²) in [7, 11) is 0. The van der Waals surface area contributed by atoms with Gasteiger partial charge in [0.05, 0.1) is 30.3 Å². The van der Waals surface area contributed by atoms with Crippen molar-refractivity contribution in [2.75, 3.05) is 31.7 Å². The Morgan fingerprint density at radius 3 is 2.84 bits per heavy atom. The molecule has 0 atom stereocenters. The predicted octanol–water partition coefficient (Wildman–Crippen LogP) is 2.65. The van der Waals surface area contributed by atoms with Gasteiger partial charge in [-0.2, -0.15) is 0 Å². The number of thioether (sulfide) groups is 1. The summed E-state index contributed by atoms with van der Waals surface area (Å²) in [5, 5.41) is 12.0. The molecule has 2 N–H and O–H groups in total. The van der Waals surface area contributed by atoms with E-state index in [9.17, 15) is 9.59 Å². The standard InChI is InChI=1S/C22H26N4O4S2/c27-11-13-30-12-9-23-19-16(20(28)25-10-5-4-8-18(25)24-19)14-17-21(29)26(22(31)32-17)15-6-2-1-3-7-15/h4-5,8,10,14-15,23,27H,1-3,6-7,9,11-13H2/b17-14+. The summed E-state index contributed by atoms with van der Waals surface area (Å²) < 4.78 is 7.30. The van der Waals surface area contributed by atoms with Crippen LogP contribution in [0.4, 0.5) is 5.82 Å². The van der Waals surface area contributed by atoms with Crippen LogP contribution in [0.25, 0.3) is 11.7 Å². The summed E-state index contributed by atoms with van der Waals surface area (Å²) in [4.78, 5) is 33.2. The van der Waals surface area contributed by atoms with Gasteiger partial charge in [0.2, 0.25) is 0 Å².